The molecule has 0 saturated carbocycles. The fourth-order valence-corrected chi connectivity index (χ4v) is 4.64. The summed E-state index contributed by atoms with van der Waals surface area (Å²) >= 11 is 1.74. The molecule has 5 heteroatoms. The monoisotopic (exact) mass is 475 g/mol. The van der Waals surface area contributed by atoms with E-state index >= 15 is 0 Å². The van der Waals surface area contributed by atoms with Gasteiger partial charge in [-0.05, 0) is 64.1 Å². The Morgan fingerprint density at radius 3 is 2.44 bits per heavy atom. The van der Waals surface area contributed by atoms with Crippen LogP contribution in [-0.2, 0) is 24.5 Å². The molecule has 4 nitrogen and oxygen atoms in total. The molecule has 0 bridgehead atoms. The summed E-state index contributed by atoms with van der Waals surface area (Å²) in [5.41, 5.74) is 4.66. The summed E-state index contributed by atoms with van der Waals surface area (Å²) in [5.74, 6) is 6.00. The molecule has 1 atom stereocenters. The van der Waals surface area contributed by atoms with Gasteiger partial charge in [0.1, 0.15) is 12.4 Å². The molecule has 0 radical (unpaired) electrons. The van der Waals surface area contributed by atoms with Crippen LogP contribution in [0.1, 0.15) is 55.4 Å². The van der Waals surface area contributed by atoms with E-state index in [1.807, 2.05) is 24.3 Å². The first-order valence-electron chi connectivity index (χ1n) is 11.6. The van der Waals surface area contributed by atoms with E-state index in [2.05, 4.69) is 71.7 Å². The van der Waals surface area contributed by atoms with Crippen molar-refractivity contribution >= 4 is 17.3 Å². The second-order valence-corrected chi connectivity index (χ2v) is 9.70. The zero-order valence-electron chi connectivity index (χ0n) is 20.2. The van der Waals surface area contributed by atoms with Gasteiger partial charge >= 0.3 is 5.97 Å². The number of carboxylic acid groups (broad SMARTS) is 1. The van der Waals surface area contributed by atoms with Crippen LogP contribution in [0.2, 0.25) is 0 Å². The Labute approximate surface area is 207 Å². The molecule has 1 N–H and O–H groups in total. The SMILES string of the molecule is CC#C[C@@H](CC(=O)O)c1ccc(OCc2cccc(CN(Cc3ccsc3)CC(C)C)c2)cc1. The number of carboxylic acids is 1. The van der Waals surface area contributed by atoms with Crippen LogP contribution in [0.15, 0.2) is 65.4 Å². The summed E-state index contributed by atoms with van der Waals surface area (Å²) in [6, 6.07) is 18.3. The van der Waals surface area contributed by atoms with Crippen LogP contribution in [-0.4, -0.2) is 22.5 Å². The molecule has 1 aromatic heterocycles. The molecule has 0 amide bonds. The first-order valence-corrected chi connectivity index (χ1v) is 12.5. The Morgan fingerprint density at radius 2 is 1.79 bits per heavy atom. The van der Waals surface area contributed by atoms with Crippen LogP contribution in [0.25, 0.3) is 0 Å². The third-order valence-electron chi connectivity index (χ3n) is 5.39. The van der Waals surface area contributed by atoms with Crippen LogP contribution in [0.3, 0.4) is 0 Å². The van der Waals surface area contributed by atoms with Gasteiger partial charge in [0, 0.05) is 19.6 Å². The lowest BCUT2D eigenvalue weighted by atomic mass is 9.96. The van der Waals surface area contributed by atoms with E-state index < -0.39 is 5.97 Å². The highest BCUT2D eigenvalue weighted by atomic mass is 32.1. The maximum atomic E-state index is 11.1. The molecule has 2 aromatic carbocycles. The van der Waals surface area contributed by atoms with E-state index in [1.54, 1.807) is 18.3 Å². The van der Waals surface area contributed by atoms with Crippen molar-refractivity contribution in [3.63, 3.8) is 0 Å². The molecule has 3 rings (SSSR count). The summed E-state index contributed by atoms with van der Waals surface area (Å²) in [5, 5.41) is 13.5. The predicted octanol–water partition coefficient (Wildman–Crippen LogP) is 6.57. The smallest absolute Gasteiger partial charge is 0.304 e. The Hall–Kier alpha value is -3.07. The second kappa shape index (κ2) is 13.0. The quantitative estimate of drug-likeness (QED) is 0.301. The van der Waals surface area contributed by atoms with Crippen molar-refractivity contribution in [1.29, 1.82) is 0 Å². The molecule has 3 aromatic rings. The highest BCUT2D eigenvalue weighted by Gasteiger charge is 2.13. The van der Waals surface area contributed by atoms with Gasteiger partial charge in [-0.2, -0.15) is 11.3 Å². The van der Waals surface area contributed by atoms with Crippen molar-refractivity contribution in [3.05, 3.63) is 87.6 Å². The van der Waals surface area contributed by atoms with Crippen LogP contribution in [0, 0.1) is 17.8 Å². The number of carbonyl (C=O) groups is 1. The van der Waals surface area contributed by atoms with Gasteiger partial charge in [-0.1, -0.05) is 56.2 Å². The summed E-state index contributed by atoms with van der Waals surface area (Å²) in [6.07, 6.45) is -0.00588. The van der Waals surface area contributed by atoms with Crippen LogP contribution in [0.4, 0.5) is 0 Å². The highest BCUT2D eigenvalue weighted by Crippen LogP contribution is 2.23. The molecule has 0 aliphatic carbocycles. The molecule has 0 unspecified atom stereocenters. The molecule has 34 heavy (non-hydrogen) atoms. The normalized spacial score (nSPS) is 11.8. The number of nitrogens with zero attached hydrogens (tertiary/aromatic N) is 1. The van der Waals surface area contributed by atoms with Crippen molar-refractivity contribution in [2.45, 2.75) is 52.8 Å². The van der Waals surface area contributed by atoms with Gasteiger partial charge in [0.05, 0.1) is 12.3 Å². The van der Waals surface area contributed by atoms with Gasteiger partial charge in [-0.25, -0.2) is 0 Å². The summed E-state index contributed by atoms with van der Waals surface area (Å²) in [7, 11) is 0. The van der Waals surface area contributed by atoms with Gasteiger partial charge in [0.2, 0.25) is 0 Å². The summed E-state index contributed by atoms with van der Waals surface area (Å²) in [6.45, 7) is 9.64. The van der Waals surface area contributed by atoms with Crippen molar-refractivity contribution in [2.75, 3.05) is 6.54 Å². The van der Waals surface area contributed by atoms with E-state index in [4.69, 9.17) is 9.84 Å². The maximum Gasteiger partial charge on any atom is 0.304 e. The van der Waals surface area contributed by atoms with E-state index in [0.29, 0.717) is 12.5 Å². The topological polar surface area (TPSA) is 49.8 Å². The molecular weight excluding hydrogens is 442 g/mol. The number of hydrogen-bond acceptors (Lipinski definition) is 4. The number of aliphatic carboxylic acids is 1. The van der Waals surface area contributed by atoms with Crippen molar-refractivity contribution in [3.8, 4) is 17.6 Å². The number of thiophene rings is 1. The molecule has 0 saturated heterocycles. The van der Waals surface area contributed by atoms with E-state index in [0.717, 1.165) is 36.5 Å². The number of rotatable bonds is 12. The minimum atomic E-state index is -0.852. The molecule has 0 spiro atoms. The maximum absolute atomic E-state index is 11.1. The van der Waals surface area contributed by atoms with Crippen molar-refractivity contribution < 1.29 is 14.6 Å². The van der Waals surface area contributed by atoms with Gasteiger partial charge in [0.15, 0.2) is 0 Å². The van der Waals surface area contributed by atoms with E-state index in [-0.39, 0.29) is 12.3 Å². The first kappa shape index (κ1) is 25.6. The zero-order chi connectivity index (χ0) is 24.3. The number of benzene rings is 2. The predicted molar refractivity (Wildman–Crippen MR) is 139 cm³/mol. The highest BCUT2D eigenvalue weighted by molar-refractivity contribution is 7.07. The fourth-order valence-electron chi connectivity index (χ4n) is 3.98. The first-order chi connectivity index (χ1) is 16.4. The van der Waals surface area contributed by atoms with Gasteiger partial charge in [0.25, 0.3) is 0 Å². The van der Waals surface area contributed by atoms with Crippen LogP contribution >= 0.6 is 11.3 Å². The third kappa shape index (κ3) is 8.37. The number of hydrogen-bond donors (Lipinski definition) is 1. The lowest BCUT2D eigenvalue weighted by molar-refractivity contribution is -0.137. The van der Waals surface area contributed by atoms with E-state index in [1.165, 1.54) is 11.1 Å². The van der Waals surface area contributed by atoms with Gasteiger partial charge in [-0.3, -0.25) is 9.69 Å². The standard InChI is InChI=1S/C29H33NO3S/c1-4-6-27(16-29(31)32)26-9-11-28(12-10-26)33-20-24-8-5-7-23(15-24)18-30(17-22(2)3)19-25-13-14-34-21-25/h5,7-15,21-22,27H,16-20H2,1-3H3,(H,31,32)/t27-/m0/s1. The lowest BCUT2D eigenvalue weighted by Crippen LogP contribution is -2.26. The molecule has 178 valence electrons. The Morgan fingerprint density at radius 1 is 1.06 bits per heavy atom. The Balaban J connectivity index is 1.61. The Kier molecular flexibility index (Phi) is 9.75. The summed E-state index contributed by atoms with van der Waals surface area (Å²) < 4.78 is 6.01. The van der Waals surface area contributed by atoms with Crippen LogP contribution < -0.4 is 4.74 Å². The zero-order valence-corrected chi connectivity index (χ0v) is 21.0. The average Bonchev–Trinajstić information content (AvgIpc) is 3.30. The Bertz CT molecular complexity index is 1090. The minimum absolute atomic E-state index is 0.00588. The average molecular weight is 476 g/mol. The molecular formula is C29H33NO3S. The summed E-state index contributed by atoms with van der Waals surface area (Å²) in [4.78, 5) is 13.6. The largest absolute Gasteiger partial charge is 0.489 e. The molecule has 0 aliphatic rings. The second-order valence-electron chi connectivity index (χ2n) is 8.92. The third-order valence-corrected chi connectivity index (χ3v) is 6.12. The molecule has 1 heterocycles. The molecule has 0 fully saturated rings. The fraction of sp³-hybridized carbons (Fsp3) is 0.345. The van der Waals surface area contributed by atoms with E-state index in [9.17, 15) is 4.79 Å². The number of ether oxygens (including phenoxy) is 1. The lowest BCUT2D eigenvalue weighted by Gasteiger charge is -2.24. The van der Waals surface area contributed by atoms with Crippen molar-refractivity contribution in [1.82, 2.24) is 4.90 Å². The van der Waals surface area contributed by atoms with Gasteiger partial charge < -0.3 is 9.84 Å². The van der Waals surface area contributed by atoms with Crippen LogP contribution in [0.5, 0.6) is 5.75 Å². The van der Waals surface area contributed by atoms with Crippen molar-refractivity contribution in [2.24, 2.45) is 5.92 Å². The minimum Gasteiger partial charge on any atom is -0.489 e. The van der Waals surface area contributed by atoms with Gasteiger partial charge in [-0.15, -0.1) is 5.92 Å². The molecule has 0 aliphatic heterocycles.